The van der Waals surface area contributed by atoms with Gasteiger partial charge in [0, 0.05) is 31.0 Å². The van der Waals surface area contributed by atoms with Crippen molar-refractivity contribution in [2.24, 2.45) is 0 Å². The van der Waals surface area contributed by atoms with Crippen LogP contribution < -0.4 is 10.1 Å². The number of aromatic nitrogens is 2. The molecule has 1 aromatic heterocycles. The van der Waals surface area contributed by atoms with Gasteiger partial charge < -0.3 is 24.2 Å². The molecule has 1 aliphatic rings. The van der Waals surface area contributed by atoms with E-state index in [0.717, 1.165) is 41.1 Å². The Labute approximate surface area is 205 Å². The molecule has 8 heteroatoms. The molecule has 1 N–H and O–H groups in total. The molecule has 0 amide bonds. The van der Waals surface area contributed by atoms with E-state index in [0.29, 0.717) is 36.6 Å². The lowest BCUT2D eigenvalue weighted by molar-refractivity contribution is 0.141. The lowest BCUT2D eigenvalue weighted by Crippen LogP contribution is -2.46. The van der Waals surface area contributed by atoms with Gasteiger partial charge in [-0.3, -0.25) is 0 Å². The number of hydrogen-bond acceptors (Lipinski definition) is 6. The summed E-state index contributed by atoms with van der Waals surface area (Å²) in [5.41, 5.74) is 3.83. The van der Waals surface area contributed by atoms with Crippen LogP contribution >= 0.6 is 12.2 Å². The number of nitrogens with one attached hydrogen (secondary N) is 1. The maximum absolute atomic E-state index is 5.79. The van der Waals surface area contributed by atoms with Gasteiger partial charge in [0.2, 0.25) is 5.82 Å². The van der Waals surface area contributed by atoms with Crippen LogP contribution in [0.4, 0.5) is 0 Å². The fraction of sp³-hybridized carbons (Fsp3) is 0.346. The van der Waals surface area contributed by atoms with E-state index in [9.17, 15) is 0 Å². The molecule has 2 heterocycles. The first-order chi connectivity index (χ1) is 16.6. The molecule has 1 unspecified atom stereocenters. The monoisotopic (exact) mass is 478 g/mol. The Kier molecular flexibility index (Phi) is 7.92. The molecule has 0 fully saturated rings. The zero-order chi connectivity index (χ0) is 23.9. The third-order valence-corrected chi connectivity index (χ3v) is 6.02. The highest BCUT2D eigenvalue weighted by Gasteiger charge is 2.34. The van der Waals surface area contributed by atoms with Crippen molar-refractivity contribution in [3.63, 3.8) is 0 Å². The van der Waals surface area contributed by atoms with Gasteiger partial charge in [0.1, 0.15) is 5.75 Å². The van der Waals surface area contributed by atoms with Crippen LogP contribution in [0.1, 0.15) is 44.7 Å². The van der Waals surface area contributed by atoms with Crippen LogP contribution in [0.15, 0.2) is 64.8 Å². The second-order valence-electron chi connectivity index (χ2n) is 7.87. The Morgan fingerprint density at radius 2 is 1.82 bits per heavy atom. The van der Waals surface area contributed by atoms with Crippen LogP contribution in [0, 0.1) is 0 Å². The van der Waals surface area contributed by atoms with Crippen molar-refractivity contribution >= 4 is 22.9 Å². The Morgan fingerprint density at radius 1 is 1.06 bits per heavy atom. The Balaban J connectivity index is 1.71. The SMILES string of the molecule is CCOCCCN1C(=S)NC(c2ccc(OCC)cc2)C(c2nc(-c3ccccc3)no2)=C1C. The van der Waals surface area contributed by atoms with E-state index in [-0.39, 0.29) is 6.04 Å². The molecule has 1 aliphatic heterocycles. The molecule has 0 saturated carbocycles. The van der Waals surface area contributed by atoms with E-state index in [1.807, 2.05) is 68.4 Å². The van der Waals surface area contributed by atoms with E-state index in [1.54, 1.807) is 0 Å². The molecule has 178 valence electrons. The maximum Gasteiger partial charge on any atom is 0.258 e. The molecular weight excluding hydrogens is 448 g/mol. The zero-order valence-electron chi connectivity index (χ0n) is 19.8. The molecule has 0 aliphatic carbocycles. The van der Waals surface area contributed by atoms with E-state index in [2.05, 4.69) is 22.3 Å². The topological polar surface area (TPSA) is 72.7 Å². The summed E-state index contributed by atoms with van der Waals surface area (Å²) in [7, 11) is 0. The molecule has 2 aromatic carbocycles. The number of thiocarbonyl (C=S) groups is 1. The molecule has 7 nitrogen and oxygen atoms in total. The van der Waals surface area contributed by atoms with Gasteiger partial charge >= 0.3 is 0 Å². The number of hydrogen-bond donors (Lipinski definition) is 1. The quantitative estimate of drug-likeness (QED) is 0.314. The summed E-state index contributed by atoms with van der Waals surface area (Å²) in [5.74, 6) is 1.85. The summed E-state index contributed by atoms with van der Waals surface area (Å²) in [6, 6.07) is 17.6. The Hall–Kier alpha value is -3.23. The van der Waals surface area contributed by atoms with Crippen molar-refractivity contribution in [3.05, 3.63) is 71.7 Å². The van der Waals surface area contributed by atoms with Crippen LogP contribution in [-0.2, 0) is 4.74 Å². The fourth-order valence-corrected chi connectivity index (χ4v) is 4.35. The van der Waals surface area contributed by atoms with Gasteiger partial charge in [0.25, 0.3) is 5.89 Å². The average Bonchev–Trinajstić information content (AvgIpc) is 3.34. The maximum atomic E-state index is 5.79. The van der Waals surface area contributed by atoms with E-state index < -0.39 is 0 Å². The highest BCUT2D eigenvalue weighted by molar-refractivity contribution is 7.80. The molecular formula is C26H30N4O3S. The minimum atomic E-state index is -0.226. The molecule has 0 bridgehead atoms. The largest absolute Gasteiger partial charge is 0.494 e. The average molecular weight is 479 g/mol. The predicted octanol–water partition coefficient (Wildman–Crippen LogP) is 5.22. The molecule has 0 radical (unpaired) electrons. The molecule has 1 atom stereocenters. The number of benzene rings is 2. The lowest BCUT2D eigenvalue weighted by Gasteiger charge is -2.37. The second-order valence-corrected chi connectivity index (χ2v) is 8.26. The van der Waals surface area contributed by atoms with Crippen LogP contribution in [0.2, 0.25) is 0 Å². The summed E-state index contributed by atoms with van der Waals surface area (Å²) < 4.78 is 16.9. The van der Waals surface area contributed by atoms with Gasteiger partial charge in [0.15, 0.2) is 5.11 Å². The van der Waals surface area contributed by atoms with E-state index in [4.69, 9.17) is 31.2 Å². The highest BCUT2D eigenvalue weighted by atomic mass is 32.1. The van der Waals surface area contributed by atoms with Gasteiger partial charge in [-0.05, 0) is 57.1 Å². The minimum Gasteiger partial charge on any atom is -0.494 e. The smallest absolute Gasteiger partial charge is 0.258 e. The van der Waals surface area contributed by atoms with Crippen LogP contribution in [0.5, 0.6) is 5.75 Å². The van der Waals surface area contributed by atoms with Gasteiger partial charge in [0.05, 0.1) is 18.2 Å². The number of allylic oxidation sites excluding steroid dienone is 1. The van der Waals surface area contributed by atoms with Crippen LogP contribution in [0.25, 0.3) is 17.0 Å². The Morgan fingerprint density at radius 3 is 2.53 bits per heavy atom. The predicted molar refractivity (Wildman–Crippen MR) is 136 cm³/mol. The van der Waals surface area contributed by atoms with Crippen molar-refractivity contribution in [1.29, 1.82) is 0 Å². The fourth-order valence-electron chi connectivity index (χ4n) is 4.01. The summed E-state index contributed by atoms with van der Waals surface area (Å²) in [5, 5.41) is 8.41. The first-order valence-electron chi connectivity index (χ1n) is 11.6. The first kappa shape index (κ1) is 23.9. The highest BCUT2D eigenvalue weighted by Crippen LogP contribution is 2.37. The number of rotatable bonds is 10. The van der Waals surface area contributed by atoms with Gasteiger partial charge in [-0.15, -0.1) is 0 Å². The number of ether oxygens (including phenoxy) is 2. The van der Waals surface area contributed by atoms with Crippen molar-refractivity contribution in [3.8, 4) is 17.1 Å². The summed E-state index contributed by atoms with van der Waals surface area (Å²) >= 11 is 5.76. The lowest BCUT2D eigenvalue weighted by atomic mass is 9.94. The van der Waals surface area contributed by atoms with E-state index >= 15 is 0 Å². The summed E-state index contributed by atoms with van der Waals surface area (Å²) in [6.07, 6.45) is 0.854. The van der Waals surface area contributed by atoms with Gasteiger partial charge in [-0.2, -0.15) is 4.98 Å². The summed E-state index contributed by atoms with van der Waals surface area (Å²) in [4.78, 5) is 6.84. The van der Waals surface area contributed by atoms with Crippen molar-refractivity contribution in [2.45, 2.75) is 33.2 Å². The molecule has 0 spiro atoms. The number of nitrogens with zero attached hydrogens (tertiary/aromatic N) is 3. The standard InChI is InChI=1S/C26H30N4O3S/c1-4-31-17-9-16-30-18(3)22(25-28-24(29-33-25)20-10-7-6-8-11-20)23(27-26(30)34)19-12-14-21(15-13-19)32-5-2/h6-8,10-15,23H,4-5,9,16-17H2,1-3H3,(H,27,34). The van der Waals surface area contributed by atoms with Crippen molar-refractivity contribution < 1.29 is 14.0 Å². The molecule has 3 aromatic rings. The third-order valence-electron chi connectivity index (χ3n) is 5.68. The van der Waals surface area contributed by atoms with Gasteiger partial charge in [-0.1, -0.05) is 47.6 Å². The van der Waals surface area contributed by atoms with Gasteiger partial charge in [-0.25, -0.2) is 0 Å². The molecule has 0 saturated heterocycles. The zero-order valence-corrected chi connectivity index (χ0v) is 20.6. The summed E-state index contributed by atoms with van der Waals surface area (Å²) in [6.45, 7) is 8.76. The Bertz CT molecular complexity index is 1130. The van der Waals surface area contributed by atoms with Crippen LogP contribution in [-0.4, -0.2) is 46.5 Å². The van der Waals surface area contributed by atoms with E-state index in [1.165, 1.54) is 0 Å². The molecule has 34 heavy (non-hydrogen) atoms. The van der Waals surface area contributed by atoms with Crippen molar-refractivity contribution in [1.82, 2.24) is 20.4 Å². The molecule has 4 rings (SSSR count). The normalized spacial score (nSPS) is 16.0. The minimum absolute atomic E-state index is 0.226. The third kappa shape index (κ3) is 5.29. The second kappa shape index (κ2) is 11.3. The van der Waals surface area contributed by atoms with Crippen LogP contribution in [0.3, 0.4) is 0 Å². The first-order valence-corrected chi connectivity index (χ1v) is 12.0. The van der Waals surface area contributed by atoms with Crippen molar-refractivity contribution in [2.75, 3.05) is 26.4 Å².